The molecule has 25 heavy (non-hydrogen) atoms. The van der Waals surface area contributed by atoms with Crippen molar-refractivity contribution in [2.45, 2.75) is 56.6 Å². The second-order valence-electron chi connectivity index (χ2n) is 7.46. The quantitative estimate of drug-likeness (QED) is 0.852. The number of hydrogen-bond donors (Lipinski definition) is 2. The van der Waals surface area contributed by atoms with E-state index in [9.17, 15) is 14.7 Å². The van der Waals surface area contributed by atoms with E-state index in [4.69, 9.17) is 0 Å². The van der Waals surface area contributed by atoms with E-state index in [1.807, 2.05) is 12.1 Å². The van der Waals surface area contributed by atoms with Crippen molar-refractivity contribution in [2.24, 2.45) is 5.92 Å². The van der Waals surface area contributed by atoms with Crippen molar-refractivity contribution in [3.05, 3.63) is 30.1 Å². The molecule has 0 unspecified atom stereocenters. The van der Waals surface area contributed by atoms with Gasteiger partial charge in [-0.2, -0.15) is 0 Å². The van der Waals surface area contributed by atoms with Crippen LogP contribution in [-0.4, -0.2) is 46.0 Å². The Morgan fingerprint density at radius 3 is 2.68 bits per heavy atom. The first-order chi connectivity index (χ1) is 12.0. The van der Waals surface area contributed by atoms with Crippen molar-refractivity contribution >= 4 is 11.8 Å². The lowest BCUT2D eigenvalue weighted by Gasteiger charge is -2.31. The van der Waals surface area contributed by atoms with Crippen molar-refractivity contribution in [3.63, 3.8) is 0 Å². The largest absolute Gasteiger partial charge is 0.389 e. The number of rotatable bonds is 5. The zero-order valence-electron chi connectivity index (χ0n) is 14.8. The molecule has 2 N–H and O–H groups in total. The van der Waals surface area contributed by atoms with Crippen molar-refractivity contribution < 1.29 is 14.7 Å². The van der Waals surface area contributed by atoms with Crippen LogP contribution in [0.5, 0.6) is 0 Å². The normalized spacial score (nSPS) is 25.8. The Labute approximate surface area is 148 Å². The van der Waals surface area contributed by atoms with E-state index in [2.05, 4.69) is 10.3 Å². The fourth-order valence-corrected chi connectivity index (χ4v) is 4.18. The number of carbonyl (C=O) groups excluding carboxylic acids is 2. The van der Waals surface area contributed by atoms with Gasteiger partial charge >= 0.3 is 0 Å². The van der Waals surface area contributed by atoms with Gasteiger partial charge < -0.3 is 15.3 Å². The first kappa shape index (κ1) is 17.9. The average Bonchev–Trinajstić information content (AvgIpc) is 2.88. The second kappa shape index (κ2) is 7.52. The molecule has 0 radical (unpaired) electrons. The van der Waals surface area contributed by atoms with Gasteiger partial charge in [-0.05, 0) is 30.5 Å². The number of nitrogens with one attached hydrogen (secondary N) is 1. The first-order valence-electron chi connectivity index (χ1n) is 9.13. The molecule has 1 aromatic heterocycles. The molecule has 6 nitrogen and oxygen atoms in total. The van der Waals surface area contributed by atoms with Gasteiger partial charge in [0.2, 0.25) is 11.8 Å². The van der Waals surface area contributed by atoms with Crippen LogP contribution >= 0.6 is 0 Å². The maximum atomic E-state index is 12.3. The molecule has 0 bridgehead atoms. The van der Waals surface area contributed by atoms with Gasteiger partial charge in [-0.25, -0.2) is 0 Å². The highest BCUT2D eigenvalue weighted by Gasteiger charge is 2.39. The molecule has 1 saturated heterocycles. The minimum Gasteiger partial charge on any atom is -0.389 e. The highest BCUT2D eigenvalue weighted by molar-refractivity contribution is 5.80. The molecular weight excluding hydrogens is 318 g/mol. The molecule has 136 valence electrons. The summed E-state index contributed by atoms with van der Waals surface area (Å²) in [4.78, 5) is 30.2. The third-order valence-corrected chi connectivity index (χ3v) is 5.58. The molecule has 3 rings (SSSR count). The standard InChI is InChI=1S/C19H27N3O3/c1-22-17(24)11-15(18(22)14-5-9-20-10-6-14)13-21-16(23)12-19(25)7-3-2-4-8-19/h5-6,9-10,15,18,25H,2-4,7-8,11-13H2,1H3,(H,21,23)/t15-,18-/m0/s1. The number of carbonyl (C=O) groups is 2. The Morgan fingerprint density at radius 2 is 2.00 bits per heavy atom. The zero-order valence-corrected chi connectivity index (χ0v) is 14.8. The highest BCUT2D eigenvalue weighted by atomic mass is 16.3. The predicted molar refractivity (Wildman–Crippen MR) is 93.5 cm³/mol. The Bertz CT molecular complexity index is 614. The van der Waals surface area contributed by atoms with E-state index in [1.165, 1.54) is 0 Å². The number of aromatic nitrogens is 1. The molecule has 0 aromatic carbocycles. The smallest absolute Gasteiger partial charge is 0.223 e. The summed E-state index contributed by atoms with van der Waals surface area (Å²) in [6.07, 6.45) is 8.52. The topological polar surface area (TPSA) is 82.5 Å². The Kier molecular flexibility index (Phi) is 5.37. The van der Waals surface area contributed by atoms with Crippen LogP contribution in [0.25, 0.3) is 0 Å². The summed E-state index contributed by atoms with van der Waals surface area (Å²) in [5, 5.41) is 13.5. The van der Waals surface area contributed by atoms with Gasteiger partial charge in [0.1, 0.15) is 0 Å². The molecule has 1 aliphatic heterocycles. The summed E-state index contributed by atoms with van der Waals surface area (Å²) >= 11 is 0. The molecule has 1 aromatic rings. The molecule has 2 atom stereocenters. The van der Waals surface area contributed by atoms with E-state index in [1.54, 1.807) is 24.3 Å². The fourth-order valence-electron chi connectivity index (χ4n) is 4.18. The van der Waals surface area contributed by atoms with Gasteiger partial charge in [0.05, 0.1) is 18.1 Å². The van der Waals surface area contributed by atoms with Crippen LogP contribution in [0.2, 0.25) is 0 Å². The SMILES string of the molecule is CN1C(=O)C[C@@H](CNC(=O)CC2(O)CCCCC2)[C@@H]1c1ccncc1. The Morgan fingerprint density at radius 1 is 1.32 bits per heavy atom. The van der Waals surface area contributed by atoms with Crippen LogP contribution in [0.4, 0.5) is 0 Å². The van der Waals surface area contributed by atoms with Gasteiger partial charge in [-0.15, -0.1) is 0 Å². The molecule has 2 fully saturated rings. The summed E-state index contributed by atoms with van der Waals surface area (Å²) in [5.74, 6) is -0.00306. The number of likely N-dealkylation sites (tertiary alicyclic amines) is 1. The number of nitrogens with zero attached hydrogens (tertiary/aromatic N) is 2. The first-order valence-corrected chi connectivity index (χ1v) is 9.13. The number of hydrogen-bond acceptors (Lipinski definition) is 4. The number of pyridine rings is 1. The second-order valence-corrected chi connectivity index (χ2v) is 7.46. The van der Waals surface area contributed by atoms with Gasteiger partial charge in [-0.1, -0.05) is 19.3 Å². The van der Waals surface area contributed by atoms with Crippen molar-refractivity contribution in [1.29, 1.82) is 0 Å². The number of aliphatic hydroxyl groups is 1. The molecule has 1 saturated carbocycles. The maximum absolute atomic E-state index is 12.3. The van der Waals surface area contributed by atoms with Crippen LogP contribution in [0.3, 0.4) is 0 Å². The lowest BCUT2D eigenvalue weighted by Crippen LogP contribution is -2.40. The van der Waals surface area contributed by atoms with E-state index in [0.717, 1.165) is 24.8 Å². The van der Waals surface area contributed by atoms with Crippen molar-refractivity contribution in [2.75, 3.05) is 13.6 Å². The minimum absolute atomic E-state index is 0.0323. The average molecular weight is 345 g/mol. The van der Waals surface area contributed by atoms with Gasteiger partial charge in [0, 0.05) is 38.3 Å². The van der Waals surface area contributed by atoms with Crippen LogP contribution in [-0.2, 0) is 9.59 Å². The third-order valence-electron chi connectivity index (χ3n) is 5.58. The van der Waals surface area contributed by atoms with Crippen LogP contribution in [0, 0.1) is 5.92 Å². The van der Waals surface area contributed by atoms with Crippen LogP contribution in [0.15, 0.2) is 24.5 Å². The lowest BCUT2D eigenvalue weighted by molar-refractivity contribution is -0.128. The Hall–Kier alpha value is -1.95. The molecule has 1 aliphatic carbocycles. The summed E-state index contributed by atoms with van der Waals surface area (Å²) in [7, 11) is 1.81. The Balaban J connectivity index is 1.59. The number of amides is 2. The van der Waals surface area contributed by atoms with Crippen molar-refractivity contribution in [1.82, 2.24) is 15.2 Å². The van der Waals surface area contributed by atoms with Gasteiger partial charge in [-0.3, -0.25) is 14.6 Å². The summed E-state index contributed by atoms with van der Waals surface area (Å²) < 4.78 is 0. The summed E-state index contributed by atoms with van der Waals surface area (Å²) in [5.41, 5.74) is 0.184. The van der Waals surface area contributed by atoms with Crippen LogP contribution in [0.1, 0.15) is 56.6 Å². The zero-order chi connectivity index (χ0) is 17.9. The predicted octanol–water partition coefficient (Wildman–Crippen LogP) is 1.80. The molecule has 2 aliphatic rings. The maximum Gasteiger partial charge on any atom is 0.223 e. The monoisotopic (exact) mass is 345 g/mol. The van der Waals surface area contributed by atoms with Crippen LogP contribution < -0.4 is 5.32 Å². The summed E-state index contributed by atoms with van der Waals surface area (Å²) in [6, 6.07) is 3.78. The lowest BCUT2D eigenvalue weighted by atomic mass is 9.82. The van der Waals surface area contributed by atoms with Crippen molar-refractivity contribution in [3.8, 4) is 0 Å². The molecule has 2 heterocycles. The molecule has 0 spiro atoms. The van der Waals surface area contributed by atoms with E-state index in [0.29, 0.717) is 25.8 Å². The molecule has 2 amide bonds. The van der Waals surface area contributed by atoms with Gasteiger partial charge in [0.25, 0.3) is 0 Å². The fraction of sp³-hybridized carbons (Fsp3) is 0.632. The van der Waals surface area contributed by atoms with E-state index >= 15 is 0 Å². The molecular formula is C19H27N3O3. The highest BCUT2D eigenvalue weighted by Crippen LogP contribution is 2.36. The minimum atomic E-state index is -0.852. The van der Waals surface area contributed by atoms with Gasteiger partial charge in [0.15, 0.2) is 0 Å². The van der Waals surface area contributed by atoms with E-state index < -0.39 is 5.60 Å². The summed E-state index contributed by atoms with van der Waals surface area (Å²) in [6.45, 7) is 0.442. The van der Waals surface area contributed by atoms with E-state index in [-0.39, 0.29) is 30.2 Å². The molecule has 6 heteroatoms. The third kappa shape index (κ3) is 4.18.